The Morgan fingerprint density at radius 1 is 1.39 bits per heavy atom. The van der Waals surface area contributed by atoms with Gasteiger partial charge in [-0.15, -0.1) is 0 Å². The molecule has 0 bridgehead atoms. The normalized spacial score (nSPS) is 28.3. The summed E-state index contributed by atoms with van der Waals surface area (Å²) in [6.45, 7) is 3.12. The lowest BCUT2D eigenvalue weighted by molar-refractivity contribution is -0.137. The zero-order valence-corrected chi connectivity index (χ0v) is 11.8. The average Bonchev–Trinajstić information content (AvgIpc) is 2.74. The van der Waals surface area contributed by atoms with E-state index in [1.165, 1.54) is 12.8 Å². The fraction of sp³-hybridized carbons (Fsp3) is 0.929. The lowest BCUT2D eigenvalue weighted by Crippen LogP contribution is -2.56. The van der Waals surface area contributed by atoms with E-state index in [1.807, 2.05) is 11.9 Å². The Hall–Kier alpha value is -0.610. The summed E-state index contributed by atoms with van der Waals surface area (Å²) in [5.41, 5.74) is 5.73. The molecule has 0 radical (unpaired) electrons. The van der Waals surface area contributed by atoms with Gasteiger partial charge in [-0.25, -0.2) is 0 Å². The van der Waals surface area contributed by atoms with Crippen molar-refractivity contribution in [3.8, 4) is 0 Å². The van der Waals surface area contributed by atoms with Crippen molar-refractivity contribution in [2.75, 3.05) is 33.7 Å². The molecule has 1 unspecified atom stereocenters. The second-order valence-electron chi connectivity index (χ2n) is 6.32. The number of nitrogens with zero attached hydrogens (tertiary/aromatic N) is 2. The van der Waals surface area contributed by atoms with Crippen LogP contribution < -0.4 is 5.73 Å². The first-order valence-electron chi connectivity index (χ1n) is 7.24. The number of carbonyl (C=O) groups excluding carboxylic acids is 1. The number of rotatable bonds is 3. The summed E-state index contributed by atoms with van der Waals surface area (Å²) in [7, 11) is 4.07. The quantitative estimate of drug-likeness (QED) is 0.818. The number of likely N-dealkylation sites (tertiary alicyclic amines) is 1. The Labute approximate surface area is 110 Å². The van der Waals surface area contributed by atoms with Crippen LogP contribution in [0.2, 0.25) is 0 Å². The molecule has 1 atom stereocenters. The van der Waals surface area contributed by atoms with Gasteiger partial charge in [0, 0.05) is 20.1 Å². The van der Waals surface area contributed by atoms with Crippen molar-refractivity contribution in [1.29, 1.82) is 0 Å². The second kappa shape index (κ2) is 5.57. The lowest BCUT2D eigenvalue weighted by Gasteiger charge is -2.36. The molecule has 0 aromatic carbocycles. The lowest BCUT2D eigenvalue weighted by atomic mass is 9.81. The number of likely N-dealkylation sites (N-methyl/N-ethyl adjacent to an activating group) is 1. The van der Waals surface area contributed by atoms with Crippen LogP contribution >= 0.6 is 0 Å². The first-order chi connectivity index (χ1) is 8.51. The van der Waals surface area contributed by atoms with Crippen molar-refractivity contribution >= 4 is 5.91 Å². The summed E-state index contributed by atoms with van der Waals surface area (Å²) in [5.74, 6) is 0.785. The Morgan fingerprint density at radius 2 is 2.06 bits per heavy atom. The van der Waals surface area contributed by atoms with E-state index in [0.717, 1.165) is 45.3 Å². The van der Waals surface area contributed by atoms with Crippen molar-refractivity contribution in [2.24, 2.45) is 11.7 Å². The molecule has 4 nitrogen and oxygen atoms in total. The molecule has 2 rings (SSSR count). The van der Waals surface area contributed by atoms with Gasteiger partial charge in [0.15, 0.2) is 0 Å². The molecular formula is C14H27N3O. The maximum atomic E-state index is 12.5. The zero-order chi connectivity index (χ0) is 13.2. The second-order valence-corrected chi connectivity index (χ2v) is 6.32. The van der Waals surface area contributed by atoms with Crippen molar-refractivity contribution in [1.82, 2.24) is 9.80 Å². The highest BCUT2D eigenvalue weighted by Crippen LogP contribution is 2.28. The molecule has 104 valence electrons. The largest absolute Gasteiger partial charge is 0.344 e. The van der Waals surface area contributed by atoms with E-state index in [1.54, 1.807) is 0 Å². The topological polar surface area (TPSA) is 49.6 Å². The average molecular weight is 253 g/mol. The molecule has 1 aliphatic heterocycles. The van der Waals surface area contributed by atoms with Crippen LogP contribution in [0, 0.1) is 5.92 Å². The minimum absolute atomic E-state index is 0.164. The predicted molar refractivity (Wildman–Crippen MR) is 73.2 cm³/mol. The van der Waals surface area contributed by atoms with E-state index in [9.17, 15) is 4.79 Å². The molecule has 1 amide bonds. The molecule has 2 fully saturated rings. The number of carbonyl (C=O) groups is 1. The molecule has 2 aliphatic rings. The van der Waals surface area contributed by atoms with E-state index in [4.69, 9.17) is 5.73 Å². The Bertz CT molecular complexity index is 299. The molecule has 0 aromatic heterocycles. The molecule has 0 aromatic rings. The summed E-state index contributed by atoms with van der Waals surface area (Å²) < 4.78 is 0. The fourth-order valence-electron chi connectivity index (χ4n) is 3.42. The Balaban J connectivity index is 1.87. The highest BCUT2D eigenvalue weighted by atomic mass is 16.2. The maximum Gasteiger partial charge on any atom is 0.242 e. The van der Waals surface area contributed by atoms with Gasteiger partial charge in [0.2, 0.25) is 5.91 Å². The SMILES string of the molecule is CN1CCC(CN(C)C(=O)C2(N)CCCCC2)C1. The van der Waals surface area contributed by atoms with Crippen molar-refractivity contribution in [3.05, 3.63) is 0 Å². The van der Waals surface area contributed by atoms with E-state index in [2.05, 4.69) is 11.9 Å². The number of nitrogens with two attached hydrogens (primary N) is 1. The molecule has 0 spiro atoms. The molecule has 1 heterocycles. The Kier molecular flexibility index (Phi) is 4.28. The smallest absolute Gasteiger partial charge is 0.242 e. The Morgan fingerprint density at radius 3 is 2.61 bits per heavy atom. The molecule has 1 aliphatic carbocycles. The zero-order valence-electron chi connectivity index (χ0n) is 11.8. The third-order valence-electron chi connectivity index (χ3n) is 4.54. The molecule has 2 N–H and O–H groups in total. The van der Waals surface area contributed by atoms with Gasteiger partial charge in [-0.1, -0.05) is 19.3 Å². The van der Waals surface area contributed by atoms with Crippen molar-refractivity contribution in [3.63, 3.8) is 0 Å². The standard InChI is InChI=1S/C14H27N3O/c1-16-9-6-12(10-16)11-17(2)13(18)14(15)7-4-3-5-8-14/h12H,3-11,15H2,1-2H3. The van der Waals surface area contributed by atoms with Gasteiger partial charge in [-0.05, 0) is 38.8 Å². The molecule has 1 saturated carbocycles. The van der Waals surface area contributed by atoms with Gasteiger partial charge in [-0.2, -0.15) is 0 Å². The highest BCUT2D eigenvalue weighted by Gasteiger charge is 2.38. The minimum Gasteiger partial charge on any atom is -0.344 e. The molecular weight excluding hydrogens is 226 g/mol. The predicted octanol–water partition coefficient (Wildman–Crippen LogP) is 1.06. The number of amides is 1. The summed E-state index contributed by atoms with van der Waals surface area (Å²) in [6, 6.07) is 0. The van der Waals surface area contributed by atoms with Crippen LogP contribution in [0.3, 0.4) is 0 Å². The van der Waals surface area contributed by atoms with E-state index >= 15 is 0 Å². The van der Waals surface area contributed by atoms with E-state index in [0.29, 0.717) is 5.92 Å². The molecule has 18 heavy (non-hydrogen) atoms. The molecule has 1 saturated heterocycles. The van der Waals surface area contributed by atoms with Crippen LogP contribution in [0.15, 0.2) is 0 Å². The third-order valence-corrected chi connectivity index (χ3v) is 4.54. The van der Waals surface area contributed by atoms with Gasteiger partial charge in [-0.3, -0.25) is 4.79 Å². The maximum absolute atomic E-state index is 12.5. The van der Waals surface area contributed by atoms with Crippen LogP contribution in [0.1, 0.15) is 38.5 Å². The summed E-state index contributed by atoms with van der Waals surface area (Å²) in [4.78, 5) is 16.7. The highest BCUT2D eigenvalue weighted by molar-refractivity contribution is 5.86. The monoisotopic (exact) mass is 253 g/mol. The number of hydrogen-bond donors (Lipinski definition) is 1. The minimum atomic E-state index is -0.572. The third kappa shape index (κ3) is 3.04. The van der Waals surface area contributed by atoms with Gasteiger partial charge >= 0.3 is 0 Å². The van der Waals surface area contributed by atoms with Gasteiger partial charge in [0.05, 0.1) is 5.54 Å². The summed E-state index contributed by atoms with van der Waals surface area (Å²) >= 11 is 0. The van der Waals surface area contributed by atoms with Crippen LogP contribution in [-0.2, 0) is 4.79 Å². The first-order valence-corrected chi connectivity index (χ1v) is 7.24. The van der Waals surface area contributed by atoms with Crippen molar-refractivity contribution in [2.45, 2.75) is 44.1 Å². The van der Waals surface area contributed by atoms with Gasteiger partial charge < -0.3 is 15.5 Å². The van der Waals surface area contributed by atoms with Crippen molar-refractivity contribution < 1.29 is 4.79 Å². The van der Waals surface area contributed by atoms with E-state index < -0.39 is 5.54 Å². The molecule has 4 heteroatoms. The fourth-order valence-corrected chi connectivity index (χ4v) is 3.42. The van der Waals surface area contributed by atoms with E-state index in [-0.39, 0.29) is 5.91 Å². The number of hydrogen-bond acceptors (Lipinski definition) is 3. The summed E-state index contributed by atoms with van der Waals surface area (Å²) in [5, 5.41) is 0. The first kappa shape index (κ1) is 13.8. The van der Waals surface area contributed by atoms with Crippen LogP contribution in [0.5, 0.6) is 0 Å². The van der Waals surface area contributed by atoms with Gasteiger partial charge in [0.25, 0.3) is 0 Å². The van der Waals surface area contributed by atoms with Crippen LogP contribution in [0.25, 0.3) is 0 Å². The van der Waals surface area contributed by atoms with Crippen LogP contribution in [-0.4, -0.2) is 55.0 Å². The van der Waals surface area contributed by atoms with Gasteiger partial charge in [0.1, 0.15) is 0 Å². The van der Waals surface area contributed by atoms with Crippen LogP contribution in [0.4, 0.5) is 0 Å². The summed E-state index contributed by atoms with van der Waals surface area (Å²) in [6.07, 6.45) is 6.35.